The summed E-state index contributed by atoms with van der Waals surface area (Å²) in [5.74, 6) is -0.728. The number of nitrogens with one attached hydrogen (secondary N) is 3. The number of benzene rings is 2. The van der Waals surface area contributed by atoms with E-state index in [-0.39, 0.29) is 30.6 Å². The van der Waals surface area contributed by atoms with Gasteiger partial charge >= 0.3 is 6.03 Å². The Balaban J connectivity index is 1.46. The van der Waals surface area contributed by atoms with Crippen LogP contribution in [0.4, 0.5) is 14.9 Å². The largest absolute Gasteiger partial charge is 0.376 e. The van der Waals surface area contributed by atoms with Gasteiger partial charge in [0.1, 0.15) is 5.82 Å². The number of carbonyl (C=O) groups is 2. The Morgan fingerprint density at radius 3 is 2.76 bits per heavy atom. The van der Waals surface area contributed by atoms with Crippen LogP contribution in [-0.4, -0.2) is 55.2 Å². The minimum absolute atomic E-state index is 0.00737. The number of morpholine rings is 1. The molecule has 2 aromatic rings. The third kappa shape index (κ3) is 6.22. The van der Waals surface area contributed by atoms with Crippen molar-refractivity contribution in [3.8, 4) is 0 Å². The average molecular weight is 475 g/mol. The van der Waals surface area contributed by atoms with E-state index < -0.39 is 11.9 Å². The molecule has 1 aliphatic carbocycles. The summed E-state index contributed by atoms with van der Waals surface area (Å²) >= 11 is 6.37. The second-order valence-corrected chi connectivity index (χ2v) is 8.90. The second-order valence-electron chi connectivity index (χ2n) is 8.49. The molecular formula is C24H28ClFN4O3. The smallest absolute Gasteiger partial charge is 0.319 e. The first-order chi connectivity index (χ1) is 15.9. The predicted octanol–water partition coefficient (Wildman–Crippen LogP) is 3.95. The maximum absolute atomic E-state index is 14.8. The number of amides is 3. The fourth-order valence-electron chi connectivity index (χ4n) is 3.98. The molecular weight excluding hydrogens is 447 g/mol. The second kappa shape index (κ2) is 10.5. The molecule has 1 aliphatic heterocycles. The highest BCUT2D eigenvalue weighted by atomic mass is 35.5. The molecule has 4 rings (SSSR count). The number of ether oxygens (including phenoxy) is 1. The molecule has 0 bridgehead atoms. The Bertz CT molecular complexity index is 997. The van der Waals surface area contributed by atoms with Gasteiger partial charge in [0, 0.05) is 47.5 Å². The van der Waals surface area contributed by atoms with Gasteiger partial charge in [0.25, 0.3) is 5.91 Å². The highest BCUT2D eigenvalue weighted by Gasteiger charge is 2.29. The maximum atomic E-state index is 14.8. The first-order valence-electron chi connectivity index (χ1n) is 11.2. The van der Waals surface area contributed by atoms with Crippen molar-refractivity contribution < 1.29 is 18.7 Å². The van der Waals surface area contributed by atoms with Crippen LogP contribution in [0.25, 0.3) is 0 Å². The number of anilines is 1. The van der Waals surface area contributed by atoms with Crippen LogP contribution in [0, 0.1) is 5.82 Å². The first kappa shape index (κ1) is 23.5. The summed E-state index contributed by atoms with van der Waals surface area (Å²) in [6, 6.07) is 10.8. The Labute approximate surface area is 197 Å². The van der Waals surface area contributed by atoms with Crippen molar-refractivity contribution in [3.63, 3.8) is 0 Å². The Morgan fingerprint density at radius 2 is 2.03 bits per heavy atom. The number of nitrogens with zero attached hydrogens (tertiary/aromatic N) is 1. The lowest BCUT2D eigenvalue weighted by atomic mass is 10.0. The molecule has 0 spiro atoms. The van der Waals surface area contributed by atoms with Crippen molar-refractivity contribution in [3.05, 3.63) is 64.4 Å². The van der Waals surface area contributed by atoms with Gasteiger partial charge in [0.05, 0.1) is 18.8 Å². The highest BCUT2D eigenvalue weighted by Crippen LogP contribution is 2.31. The molecule has 1 saturated heterocycles. The van der Waals surface area contributed by atoms with E-state index in [9.17, 15) is 14.0 Å². The van der Waals surface area contributed by atoms with Crippen LogP contribution in [0.5, 0.6) is 0 Å². The van der Waals surface area contributed by atoms with Crippen molar-refractivity contribution in [1.29, 1.82) is 0 Å². The van der Waals surface area contributed by atoms with Crippen LogP contribution < -0.4 is 16.0 Å². The number of urea groups is 1. The van der Waals surface area contributed by atoms with Crippen LogP contribution in [0.15, 0.2) is 42.5 Å². The van der Waals surface area contributed by atoms with E-state index in [2.05, 4.69) is 20.9 Å². The van der Waals surface area contributed by atoms with Gasteiger partial charge in [-0.25, -0.2) is 9.18 Å². The zero-order valence-electron chi connectivity index (χ0n) is 18.4. The molecule has 2 aromatic carbocycles. The standard InChI is InChI=1S/C24H28ClFN4O3/c1-15-14-30(10-11-33-15)21(22-19(25)6-3-7-20(22)26)13-27-23(31)16-4-2-5-18(12-16)29-24(32)28-17-8-9-17/h2-7,12,15,17,21H,8-11,13-14H2,1H3,(H,27,31)(H2,28,29,32). The lowest BCUT2D eigenvalue weighted by molar-refractivity contribution is -0.0346. The molecule has 2 unspecified atom stereocenters. The summed E-state index contributed by atoms with van der Waals surface area (Å²) in [6.45, 7) is 3.86. The van der Waals surface area contributed by atoms with Gasteiger partial charge in [-0.2, -0.15) is 0 Å². The molecule has 2 fully saturated rings. The number of carbonyl (C=O) groups excluding carboxylic acids is 2. The molecule has 2 aliphatic rings. The third-order valence-corrected chi connectivity index (χ3v) is 6.13. The summed E-state index contributed by atoms with van der Waals surface area (Å²) in [5, 5.41) is 8.83. The van der Waals surface area contributed by atoms with E-state index in [1.54, 1.807) is 36.4 Å². The highest BCUT2D eigenvalue weighted by molar-refractivity contribution is 6.31. The quantitative estimate of drug-likeness (QED) is 0.567. The SMILES string of the molecule is CC1CN(C(CNC(=O)c2cccc(NC(=O)NC3CC3)c2)c2c(F)cccc2Cl)CCO1. The van der Waals surface area contributed by atoms with Crippen molar-refractivity contribution >= 4 is 29.2 Å². The summed E-state index contributed by atoms with van der Waals surface area (Å²) in [7, 11) is 0. The van der Waals surface area contributed by atoms with E-state index in [1.165, 1.54) is 6.07 Å². The first-order valence-corrected chi connectivity index (χ1v) is 11.5. The molecule has 2 atom stereocenters. The van der Waals surface area contributed by atoms with Gasteiger partial charge < -0.3 is 20.7 Å². The fourth-order valence-corrected chi connectivity index (χ4v) is 4.27. The Morgan fingerprint density at radius 1 is 1.24 bits per heavy atom. The van der Waals surface area contributed by atoms with Gasteiger partial charge in [0.2, 0.25) is 0 Å². The molecule has 1 saturated carbocycles. The molecule has 3 amide bonds. The zero-order valence-corrected chi connectivity index (χ0v) is 19.2. The number of hydrogen-bond donors (Lipinski definition) is 3. The Hall–Kier alpha value is -2.68. The maximum Gasteiger partial charge on any atom is 0.319 e. The van der Waals surface area contributed by atoms with Gasteiger partial charge in [-0.15, -0.1) is 0 Å². The summed E-state index contributed by atoms with van der Waals surface area (Å²) < 4.78 is 20.4. The summed E-state index contributed by atoms with van der Waals surface area (Å²) in [4.78, 5) is 27.0. The van der Waals surface area contributed by atoms with Crippen molar-refractivity contribution in [2.45, 2.75) is 38.0 Å². The molecule has 33 heavy (non-hydrogen) atoms. The topological polar surface area (TPSA) is 82.7 Å². The van der Waals surface area contributed by atoms with Crippen LogP contribution in [0.3, 0.4) is 0 Å². The lowest BCUT2D eigenvalue weighted by Gasteiger charge is -2.38. The fraction of sp³-hybridized carbons (Fsp3) is 0.417. The summed E-state index contributed by atoms with van der Waals surface area (Å²) in [6.07, 6.45) is 1.97. The molecule has 176 valence electrons. The predicted molar refractivity (Wildman–Crippen MR) is 125 cm³/mol. The Kier molecular flexibility index (Phi) is 7.47. The minimum Gasteiger partial charge on any atom is -0.376 e. The molecule has 0 radical (unpaired) electrons. The van der Waals surface area contributed by atoms with Crippen LogP contribution in [0.2, 0.25) is 5.02 Å². The molecule has 3 N–H and O–H groups in total. The molecule has 7 nitrogen and oxygen atoms in total. The number of rotatable bonds is 7. The molecule has 0 aromatic heterocycles. The molecule has 9 heteroatoms. The van der Waals surface area contributed by atoms with E-state index in [0.717, 1.165) is 12.8 Å². The van der Waals surface area contributed by atoms with Crippen molar-refractivity contribution in [1.82, 2.24) is 15.5 Å². The van der Waals surface area contributed by atoms with Crippen molar-refractivity contribution in [2.75, 3.05) is 31.6 Å². The minimum atomic E-state index is -0.445. The van der Waals surface area contributed by atoms with Gasteiger partial charge in [-0.05, 0) is 50.1 Å². The van der Waals surface area contributed by atoms with Crippen LogP contribution >= 0.6 is 11.6 Å². The van der Waals surface area contributed by atoms with Crippen LogP contribution in [-0.2, 0) is 4.74 Å². The summed E-state index contributed by atoms with van der Waals surface area (Å²) in [5.41, 5.74) is 1.28. The van der Waals surface area contributed by atoms with E-state index >= 15 is 0 Å². The lowest BCUT2D eigenvalue weighted by Crippen LogP contribution is -2.47. The van der Waals surface area contributed by atoms with E-state index in [4.69, 9.17) is 16.3 Å². The normalized spacial score (nSPS) is 19.5. The zero-order chi connectivity index (χ0) is 23.4. The molecule has 1 heterocycles. The average Bonchev–Trinajstić information content (AvgIpc) is 3.59. The third-order valence-electron chi connectivity index (χ3n) is 5.80. The van der Waals surface area contributed by atoms with Crippen LogP contribution in [0.1, 0.15) is 41.7 Å². The number of hydrogen-bond acceptors (Lipinski definition) is 4. The van der Waals surface area contributed by atoms with Gasteiger partial charge in [-0.3, -0.25) is 9.69 Å². The van der Waals surface area contributed by atoms with E-state index in [0.29, 0.717) is 41.5 Å². The van der Waals surface area contributed by atoms with Crippen molar-refractivity contribution in [2.24, 2.45) is 0 Å². The van der Waals surface area contributed by atoms with Gasteiger partial charge in [-0.1, -0.05) is 23.7 Å². The van der Waals surface area contributed by atoms with E-state index in [1.807, 2.05) is 6.92 Å². The monoisotopic (exact) mass is 474 g/mol. The van der Waals surface area contributed by atoms with Gasteiger partial charge in [0.15, 0.2) is 0 Å². The number of halogens is 2.